The van der Waals surface area contributed by atoms with Crippen LogP contribution in [0.25, 0.3) is 0 Å². The molecule has 2 heterocycles. The first-order chi connectivity index (χ1) is 32.3. The number of carboxylic acids is 2. The number of likely N-dealkylation sites (tertiary alicyclic amines) is 2. The Balaban J connectivity index is 0.000000201. The van der Waals surface area contributed by atoms with Gasteiger partial charge in [0.1, 0.15) is 0 Å². The van der Waals surface area contributed by atoms with Crippen LogP contribution in [-0.4, -0.2) is 78.3 Å². The van der Waals surface area contributed by atoms with Crippen molar-refractivity contribution < 1.29 is 39.6 Å². The second kappa shape index (κ2) is 21.5. The molecule has 2 unspecified atom stereocenters. The summed E-state index contributed by atoms with van der Waals surface area (Å²) in [6, 6.07) is 28.5. The summed E-state index contributed by atoms with van der Waals surface area (Å²) in [6.45, 7) is 7.32. The lowest BCUT2D eigenvalue weighted by molar-refractivity contribution is -0.164. The minimum atomic E-state index is -1.11. The summed E-state index contributed by atoms with van der Waals surface area (Å²) in [5, 5.41) is 44.0. The van der Waals surface area contributed by atoms with Crippen molar-refractivity contribution in [3.63, 3.8) is 0 Å². The maximum Gasteiger partial charge on any atom is 0.304 e. The highest BCUT2D eigenvalue weighted by molar-refractivity contribution is 6.31. The van der Waals surface area contributed by atoms with E-state index in [0.717, 1.165) is 47.9 Å². The highest BCUT2D eigenvalue weighted by Gasteiger charge is 2.57. The second-order valence-corrected chi connectivity index (χ2v) is 21.8. The van der Waals surface area contributed by atoms with Crippen LogP contribution in [0.4, 0.5) is 0 Å². The van der Waals surface area contributed by atoms with Crippen molar-refractivity contribution in [2.45, 2.75) is 140 Å². The van der Waals surface area contributed by atoms with Crippen molar-refractivity contribution >= 4 is 70.2 Å². The van der Waals surface area contributed by atoms with Crippen LogP contribution in [0, 0.1) is 22.7 Å². The van der Waals surface area contributed by atoms with Gasteiger partial charge >= 0.3 is 11.9 Å². The molecule has 4 fully saturated rings. The summed E-state index contributed by atoms with van der Waals surface area (Å²) >= 11 is 25.1. The van der Waals surface area contributed by atoms with Crippen LogP contribution in [0.2, 0.25) is 20.1 Å². The third kappa shape index (κ3) is 11.4. The van der Waals surface area contributed by atoms with Gasteiger partial charge in [-0.3, -0.25) is 19.2 Å². The molecule has 0 bridgehead atoms. The number of carboxylic acid groups (broad SMARTS) is 2. The summed E-state index contributed by atoms with van der Waals surface area (Å²) in [4.78, 5) is 55.7. The maximum atomic E-state index is 14.2. The van der Waals surface area contributed by atoms with Gasteiger partial charge < -0.3 is 30.2 Å². The van der Waals surface area contributed by atoms with Crippen molar-refractivity contribution in [2.75, 3.05) is 0 Å². The van der Waals surface area contributed by atoms with E-state index in [4.69, 9.17) is 46.4 Å². The van der Waals surface area contributed by atoms with Crippen molar-refractivity contribution in [3.8, 4) is 0 Å². The van der Waals surface area contributed by atoms with E-state index in [-0.39, 0.29) is 72.5 Å². The molecule has 0 radical (unpaired) electrons. The van der Waals surface area contributed by atoms with E-state index in [0.29, 0.717) is 45.8 Å². The van der Waals surface area contributed by atoms with Crippen LogP contribution >= 0.6 is 46.4 Å². The first-order valence-electron chi connectivity index (χ1n) is 23.8. The molecule has 4 N–H and O–H groups in total. The SMILES string of the molecule is CC[C@@H](O)[C@H](C1CC1)N1C(=O)[C@@](C)(CC(=O)O)C[C@H](c2cccc(Cl)c2)C1c1ccc(Cl)cc1.CC[C@H](O)[C@H](C1CC1)N1C(=O)[C@@](C)(CC(=O)O)C[C@H](c2cccc(Cl)c2)C1c1ccc(Cl)cc1. The highest BCUT2D eigenvalue weighted by Crippen LogP contribution is 2.56. The quantitative estimate of drug-likeness (QED) is 0.0865. The fourth-order valence-corrected chi connectivity index (χ4v) is 11.9. The molecule has 10 atom stereocenters. The molecular formula is C54H62Cl4N2O8. The van der Waals surface area contributed by atoms with Gasteiger partial charge in [0.15, 0.2) is 0 Å². The zero-order valence-corrected chi connectivity index (χ0v) is 41.9. The van der Waals surface area contributed by atoms with Crippen molar-refractivity contribution in [1.82, 2.24) is 9.80 Å². The maximum absolute atomic E-state index is 14.2. The Labute approximate surface area is 419 Å². The normalized spacial score (nSPS) is 26.9. The Morgan fingerprint density at radius 2 is 0.897 bits per heavy atom. The number of halogens is 4. The van der Waals surface area contributed by atoms with Gasteiger partial charge in [0.05, 0.1) is 60.0 Å². The van der Waals surface area contributed by atoms with Gasteiger partial charge in [0, 0.05) is 31.9 Å². The van der Waals surface area contributed by atoms with Gasteiger partial charge in [-0.1, -0.05) is 123 Å². The van der Waals surface area contributed by atoms with E-state index >= 15 is 0 Å². The lowest BCUT2D eigenvalue weighted by atomic mass is 9.66. The van der Waals surface area contributed by atoms with Crippen LogP contribution in [0.1, 0.15) is 138 Å². The number of aliphatic hydroxyl groups excluding tert-OH is 2. The molecule has 68 heavy (non-hydrogen) atoms. The second-order valence-electron chi connectivity index (χ2n) is 20.0. The first-order valence-corrected chi connectivity index (χ1v) is 25.3. The van der Waals surface area contributed by atoms with Gasteiger partial charge in [-0.05, 0) is 134 Å². The van der Waals surface area contributed by atoms with Gasteiger partial charge in [-0.2, -0.15) is 0 Å². The standard InChI is InChI=1S/2C27H31Cl2NO4/c2*1-3-22(31)25(17-7-8-17)30-24(16-9-11-19(28)12-10-16)21(18-5-4-6-20(29)13-18)14-27(2,26(30)34)15-23(32)33/h2*4-6,9-13,17,21-22,24-25,31H,3,7-8,14-15H2,1-2H3,(H,32,33)/t21-,22+,24?,25+,27-;21-,22-,24?,25+,27-/m11/s1. The number of rotatable bonds is 16. The lowest BCUT2D eigenvalue weighted by Gasteiger charge is -2.53. The Morgan fingerprint density at radius 3 is 1.18 bits per heavy atom. The minimum absolute atomic E-state index is 0.195. The summed E-state index contributed by atoms with van der Waals surface area (Å²) in [7, 11) is 0. The molecule has 0 aromatic heterocycles. The summed E-state index contributed by atoms with van der Waals surface area (Å²) in [5.74, 6) is -2.45. The Kier molecular flexibility index (Phi) is 16.3. The molecule has 4 aromatic rings. The van der Waals surface area contributed by atoms with Gasteiger partial charge in [0.25, 0.3) is 0 Å². The van der Waals surface area contributed by atoms with Gasteiger partial charge in [0.2, 0.25) is 11.8 Å². The van der Waals surface area contributed by atoms with E-state index < -0.39 is 35.0 Å². The molecule has 0 spiro atoms. The number of nitrogens with zero attached hydrogens (tertiary/aromatic N) is 2. The molecule has 2 aliphatic heterocycles. The van der Waals surface area contributed by atoms with Crippen LogP contribution in [0.5, 0.6) is 0 Å². The van der Waals surface area contributed by atoms with Crippen molar-refractivity contribution in [2.24, 2.45) is 22.7 Å². The predicted octanol–water partition coefficient (Wildman–Crippen LogP) is 12.2. The molecule has 364 valence electrons. The number of aliphatic carboxylic acids is 2. The van der Waals surface area contributed by atoms with E-state index in [1.807, 2.05) is 109 Å². The summed E-state index contributed by atoms with van der Waals surface area (Å²) in [5.41, 5.74) is 1.50. The number of hydrogen-bond acceptors (Lipinski definition) is 6. The van der Waals surface area contributed by atoms with Crippen LogP contribution in [0.15, 0.2) is 97.1 Å². The molecule has 14 heteroatoms. The lowest BCUT2D eigenvalue weighted by Crippen LogP contribution is -2.59. The fraction of sp³-hybridized carbons (Fsp3) is 0.481. The van der Waals surface area contributed by atoms with Crippen LogP contribution < -0.4 is 0 Å². The zero-order valence-electron chi connectivity index (χ0n) is 38.9. The van der Waals surface area contributed by atoms with Crippen LogP contribution in [-0.2, 0) is 19.2 Å². The number of piperidine rings is 2. The molecule has 2 amide bonds. The third-order valence-electron chi connectivity index (χ3n) is 14.7. The van der Waals surface area contributed by atoms with Gasteiger partial charge in [-0.25, -0.2) is 0 Å². The summed E-state index contributed by atoms with van der Waals surface area (Å²) < 4.78 is 0. The topological polar surface area (TPSA) is 156 Å². The molecule has 8 rings (SSSR count). The van der Waals surface area contributed by atoms with Crippen LogP contribution in [0.3, 0.4) is 0 Å². The molecule has 2 saturated carbocycles. The predicted molar refractivity (Wildman–Crippen MR) is 266 cm³/mol. The zero-order chi connectivity index (χ0) is 49.2. The fourth-order valence-electron chi connectivity index (χ4n) is 11.2. The van der Waals surface area contributed by atoms with E-state index in [2.05, 4.69) is 0 Å². The smallest absolute Gasteiger partial charge is 0.304 e. The number of carbonyl (C=O) groups excluding carboxylic acids is 2. The van der Waals surface area contributed by atoms with Crippen molar-refractivity contribution in [1.29, 1.82) is 0 Å². The number of carbonyl (C=O) groups is 4. The number of hydrogen-bond donors (Lipinski definition) is 4. The van der Waals surface area contributed by atoms with E-state index in [1.54, 1.807) is 26.0 Å². The number of amides is 2. The first kappa shape index (κ1) is 51.7. The van der Waals surface area contributed by atoms with Gasteiger partial charge in [-0.15, -0.1) is 0 Å². The summed E-state index contributed by atoms with van der Waals surface area (Å²) in [6.07, 6.45) is 3.57. The third-order valence-corrected chi connectivity index (χ3v) is 15.7. The minimum Gasteiger partial charge on any atom is -0.481 e. The Hall–Kier alpha value is -4.16. The van der Waals surface area contributed by atoms with Crippen molar-refractivity contribution in [3.05, 3.63) is 139 Å². The van der Waals surface area contributed by atoms with E-state index in [9.17, 15) is 39.6 Å². The molecule has 10 nitrogen and oxygen atoms in total. The average molecular weight is 1010 g/mol. The monoisotopic (exact) mass is 1010 g/mol. The van der Waals surface area contributed by atoms with E-state index in [1.165, 1.54) is 0 Å². The number of aliphatic hydroxyl groups is 2. The molecule has 4 aliphatic rings. The molecule has 4 aromatic carbocycles. The Bertz CT molecular complexity index is 2280. The molecular weight excluding hydrogens is 946 g/mol. The molecule has 2 saturated heterocycles. The average Bonchev–Trinajstić information content (AvgIpc) is 4.24. The molecule has 2 aliphatic carbocycles. The highest BCUT2D eigenvalue weighted by atomic mass is 35.5. The largest absolute Gasteiger partial charge is 0.481 e. The Morgan fingerprint density at radius 1 is 0.559 bits per heavy atom. The number of benzene rings is 4.